The number of hydrogen-bond donors (Lipinski definition) is 4. The van der Waals surface area contributed by atoms with Crippen LogP contribution in [-0.4, -0.2) is 67.0 Å². The Kier molecular flexibility index (Phi) is 14.9. The standard InChI is InChI=1S/C39H44F5N5O5S/c1-4-12-49(13-5-2)38(52)29-18-28(19-33(20-29)48-55(53,54)36-11-10-30(23-46-36)39(42,43)44)37(51)47-34(17-27-15-31(40)21-32(41)16-27)35(50)24-45-22-26-9-7-8-25(6-3)14-26/h7-11,14-16,18-21,23,34-35,45,48,50H,4-6,12-13,17,22,24H2,1-3H3,(H,47,51)/t34-,35+/m0/s1. The zero-order valence-electron chi connectivity index (χ0n) is 30.6. The number of nitrogens with zero attached hydrogens (tertiary/aromatic N) is 2. The normalized spacial score (nSPS) is 12.9. The maximum absolute atomic E-state index is 14.2. The number of carbonyl (C=O) groups excluding carboxylic acids is 2. The lowest BCUT2D eigenvalue weighted by Gasteiger charge is -2.26. The van der Waals surface area contributed by atoms with Crippen LogP contribution < -0.4 is 15.4 Å². The van der Waals surface area contributed by atoms with Crippen LogP contribution in [0.3, 0.4) is 0 Å². The summed E-state index contributed by atoms with van der Waals surface area (Å²) in [7, 11) is -4.63. The van der Waals surface area contributed by atoms with Crippen LogP contribution in [0.15, 0.2) is 84.0 Å². The molecule has 2 atom stereocenters. The highest BCUT2D eigenvalue weighted by molar-refractivity contribution is 7.92. The number of amides is 2. The number of anilines is 1. The lowest BCUT2D eigenvalue weighted by molar-refractivity contribution is -0.137. The summed E-state index contributed by atoms with van der Waals surface area (Å²) in [5.41, 5.74) is 0.464. The Bertz CT molecular complexity index is 2020. The molecule has 16 heteroatoms. The molecule has 1 heterocycles. The van der Waals surface area contributed by atoms with Crippen molar-refractivity contribution in [1.82, 2.24) is 20.5 Å². The first-order valence-electron chi connectivity index (χ1n) is 17.8. The minimum atomic E-state index is -4.76. The van der Waals surface area contributed by atoms with E-state index in [1.165, 1.54) is 17.0 Å². The zero-order valence-corrected chi connectivity index (χ0v) is 31.4. The fraction of sp³-hybridized carbons (Fsp3) is 0.359. The molecule has 296 valence electrons. The molecule has 0 unspecified atom stereocenters. The van der Waals surface area contributed by atoms with E-state index in [-0.39, 0.29) is 35.3 Å². The minimum absolute atomic E-state index is 0.0498. The number of benzene rings is 3. The van der Waals surface area contributed by atoms with Crippen molar-refractivity contribution >= 4 is 27.5 Å². The van der Waals surface area contributed by atoms with Crippen molar-refractivity contribution in [3.63, 3.8) is 0 Å². The third kappa shape index (κ3) is 12.3. The van der Waals surface area contributed by atoms with Crippen LogP contribution in [0.1, 0.15) is 76.6 Å². The second kappa shape index (κ2) is 19.1. The summed E-state index contributed by atoms with van der Waals surface area (Å²) in [5, 5.41) is 16.4. The van der Waals surface area contributed by atoms with Crippen LogP contribution in [0.2, 0.25) is 0 Å². The van der Waals surface area contributed by atoms with Gasteiger partial charge in [-0.25, -0.2) is 13.8 Å². The predicted molar refractivity (Wildman–Crippen MR) is 198 cm³/mol. The molecule has 4 N–H and O–H groups in total. The molecule has 10 nitrogen and oxygen atoms in total. The average Bonchev–Trinajstić information content (AvgIpc) is 3.13. The van der Waals surface area contributed by atoms with Crippen LogP contribution >= 0.6 is 0 Å². The van der Waals surface area contributed by atoms with Crippen LogP contribution in [0.4, 0.5) is 27.6 Å². The molecular weight excluding hydrogens is 746 g/mol. The number of aliphatic hydroxyl groups is 1. The number of halogens is 5. The van der Waals surface area contributed by atoms with Crippen molar-refractivity contribution < 1.29 is 45.1 Å². The first-order valence-corrected chi connectivity index (χ1v) is 19.2. The third-order valence-electron chi connectivity index (χ3n) is 8.55. The Morgan fingerprint density at radius 3 is 2.11 bits per heavy atom. The van der Waals surface area contributed by atoms with E-state index in [0.29, 0.717) is 56.9 Å². The molecule has 0 aliphatic carbocycles. The number of rotatable bonds is 18. The van der Waals surface area contributed by atoms with Gasteiger partial charge in [0.25, 0.3) is 21.8 Å². The number of carbonyl (C=O) groups is 2. The molecule has 4 rings (SSSR count). The van der Waals surface area contributed by atoms with Gasteiger partial charge in [0.05, 0.1) is 23.4 Å². The minimum Gasteiger partial charge on any atom is -0.390 e. The summed E-state index contributed by atoms with van der Waals surface area (Å²) in [5.74, 6) is -3.11. The van der Waals surface area contributed by atoms with Gasteiger partial charge < -0.3 is 20.6 Å². The molecule has 0 bridgehead atoms. The highest BCUT2D eigenvalue weighted by Gasteiger charge is 2.32. The van der Waals surface area contributed by atoms with E-state index in [4.69, 9.17) is 0 Å². The SMILES string of the molecule is CCCN(CCC)C(=O)c1cc(NS(=O)(=O)c2ccc(C(F)(F)F)cn2)cc(C(=O)N[C@@H](Cc2cc(F)cc(F)c2)[C@H](O)CNCc2cccc(CC)c2)c1. The number of aromatic nitrogens is 1. The van der Waals surface area contributed by atoms with Crippen molar-refractivity contribution in [2.24, 2.45) is 0 Å². The van der Waals surface area contributed by atoms with E-state index >= 15 is 0 Å². The Hall–Kier alpha value is -4.93. The van der Waals surface area contributed by atoms with E-state index < -0.39 is 62.4 Å². The topological polar surface area (TPSA) is 141 Å². The van der Waals surface area contributed by atoms with Gasteiger partial charge in [0.1, 0.15) is 11.6 Å². The molecule has 0 saturated carbocycles. The molecular formula is C39H44F5N5O5S. The van der Waals surface area contributed by atoms with Crippen LogP contribution in [0.5, 0.6) is 0 Å². The summed E-state index contributed by atoms with van der Waals surface area (Å²) in [6, 6.07) is 14.3. The van der Waals surface area contributed by atoms with Gasteiger partial charge in [-0.3, -0.25) is 14.3 Å². The molecule has 4 aromatic rings. The molecule has 0 aliphatic heterocycles. The summed E-state index contributed by atoms with van der Waals surface area (Å²) in [6.07, 6.45) is -3.88. The van der Waals surface area contributed by atoms with Crippen LogP contribution in [0, 0.1) is 11.6 Å². The van der Waals surface area contributed by atoms with Gasteiger partial charge >= 0.3 is 6.18 Å². The van der Waals surface area contributed by atoms with E-state index in [0.717, 1.165) is 35.7 Å². The molecule has 3 aromatic carbocycles. The first-order chi connectivity index (χ1) is 26.0. The second-order valence-corrected chi connectivity index (χ2v) is 14.6. The monoisotopic (exact) mass is 789 g/mol. The van der Waals surface area contributed by atoms with E-state index in [9.17, 15) is 45.1 Å². The lowest BCUT2D eigenvalue weighted by atomic mass is 9.99. The Morgan fingerprint density at radius 1 is 0.855 bits per heavy atom. The summed E-state index contributed by atoms with van der Waals surface area (Å²) < 4.78 is 96.4. The fourth-order valence-corrected chi connectivity index (χ4v) is 6.85. The lowest BCUT2D eigenvalue weighted by Crippen LogP contribution is -2.48. The maximum atomic E-state index is 14.2. The maximum Gasteiger partial charge on any atom is 0.417 e. The quantitative estimate of drug-likeness (QED) is 0.0845. The average molecular weight is 790 g/mol. The highest BCUT2D eigenvalue weighted by Crippen LogP contribution is 2.29. The highest BCUT2D eigenvalue weighted by atomic mass is 32.2. The van der Waals surface area contributed by atoms with E-state index in [2.05, 4.69) is 20.3 Å². The number of hydrogen-bond acceptors (Lipinski definition) is 7. The first kappa shape index (κ1) is 42.8. The second-order valence-electron chi connectivity index (χ2n) is 13.0. The zero-order chi connectivity index (χ0) is 40.3. The Labute approximate surface area is 317 Å². The molecule has 1 aromatic heterocycles. The smallest absolute Gasteiger partial charge is 0.390 e. The number of aryl methyl sites for hydroxylation is 1. The van der Waals surface area contributed by atoms with E-state index in [1.54, 1.807) is 0 Å². The number of pyridine rings is 1. The van der Waals surface area contributed by atoms with Gasteiger partial charge in [-0.15, -0.1) is 0 Å². The number of sulfonamides is 1. The fourth-order valence-electron chi connectivity index (χ4n) is 5.88. The largest absolute Gasteiger partial charge is 0.417 e. The number of aliphatic hydroxyl groups excluding tert-OH is 1. The Balaban J connectivity index is 1.67. The van der Waals surface area contributed by atoms with Crippen LogP contribution in [-0.2, 0) is 35.6 Å². The Morgan fingerprint density at radius 2 is 1.51 bits per heavy atom. The van der Waals surface area contributed by atoms with Gasteiger partial charge in [0.2, 0.25) is 0 Å². The van der Waals surface area contributed by atoms with Gasteiger partial charge in [0, 0.05) is 49.6 Å². The molecule has 0 fully saturated rings. The summed E-state index contributed by atoms with van der Waals surface area (Å²) >= 11 is 0. The predicted octanol–water partition coefficient (Wildman–Crippen LogP) is 6.50. The molecule has 0 spiro atoms. The van der Waals surface area contributed by atoms with Crippen LogP contribution in [0.25, 0.3) is 0 Å². The van der Waals surface area contributed by atoms with Crippen molar-refractivity contribution in [1.29, 1.82) is 0 Å². The number of nitrogens with one attached hydrogen (secondary N) is 3. The van der Waals surface area contributed by atoms with Gasteiger partial charge in [-0.05, 0) is 84.8 Å². The summed E-state index contributed by atoms with van der Waals surface area (Å²) in [6.45, 7) is 6.78. The molecule has 55 heavy (non-hydrogen) atoms. The van der Waals surface area contributed by atoms with Crippen molar-refractivity contribution in [2.45, 2.75) is 76.3 Å². The summed E-state index contributed by atoms with van der Waals surface area (Å²) in [4.78, 5) is 32.6. The molecule has 0 radical (unpaired) electrons. The van der Waals surface area contributed by atoms with E-state index in [1.807, 2.05) is 45.0 Å². The van der Waals surface area contributed by atoms with Gasteiger partial charge in [-0.2, -0.15) is 21.6 Å². The molecule has 2 amide bonds. The third-order valence-corrected chi connectivity index (χ3v) is 9.85. The molecule has 0 aliphatic rings. The molecule has 0 saturated heterocycles. The van der Waals surface area contributed by atoms with Crippen molar-refractivity contribution in [3.05, 3.63) is 124 Å². The van der Waals surface area contributed by atoms with Crippen molar-refractivity contribution in [3.8, 4) is 0 Å². The van der Waals surface area contributed by atoms with Gasteiger partial charge in [-0.1, -0.05) is 45.0 Å². The van der Waals surface area contributed by atoms with Gasteiger partial charge in [0.15, 0.2) is 5.03 Å². The van der Waals surface area contributed by atoms with Crippen molar-refractivity contribution in [2.75, 3.05) is 24.4 Å². The number of alkyl halides is 3.